The fraction of sp³-hybridized carbons (Fsp3) is 0.565. The summed E-state index contributed by atoms with van der Waals surface area (Å²) >= 11 is 5.78. The molecule has 0 aromatic heterocycles. The number of likely N-dealkylation sites (tertiary alicyclic amines) is 1. The smallest absolute Gasteiger partial charge is 0.251 e. The zero-order valence-corrected chi connectivity index (χ0v) is 18.8. The van der Waals surface area contributed by atoms with E-state index in [0.29, 0.717) is 13.0 Å². The summed E-state index contributed by atoms with van der Waals surface area (Å²) in [4.78, 5) is 55.3. The molecule has 1 aromatic carbocycles. The van der Waals surface area contributed by atoms with E-state index in [1.807, 2.05) is 0 Å². The third-order valence-corrected chi connectivity index (χ3v) is 7.66. The van der Waals surface area contributed by atoms with Gasteiger partial charge in [-0.1, -0.05) is 24.4 Å². The molecule has 0 spiro atoms. The number of carbonyl (C=O) groups is 4. The first-order chi connectivity index (χ1) is 15.8. The van der Waals surface area contributed by atoms with Crippen molar-refractivity contribution in [1.29, 1.82) is 0 Å². The van der Waals surface area contributed by atoms with Gasteiger partial charge >= 0.3 is 0 Å². The Morgan fingerprint density at radius 2 is 1.91 bits per heavy atom. The van der Waals surface area contributed by atoms with E-state index in [-0.39, 0.29) is 53.2 Å². The van der Waals surface area contributed by atoms with E-state index in [1.54, 1.807) is 4.90 Å². The maximum absolute atomic E-state index is 13.5. The van der Waals surface area contributed by atoms with Crippen molar-refractivity contribution in [2.24, 2.45) is 5.92 Å². The molecule has 4 fully saturated rings. The van der Waals surface area contributed by atoms with Gasteiger partial charge in [0.25, 0.3) is 5.91 Å². The molecule has 3 saturated heterocycles. The van der Waals surface area contributed by atoms with Crippen molar-refractivity contribution in [2.45, 2.75) is 62.7 Å². The number of hydrogen-bond donors (Lipinski definition) is 2. The van der Waals surface area contributed by atoms with E-state index in [2.05, 4.69) is 10.6 Å². The minimum absolute atomic E-state index is 0.0123. The van der Waals surface area contributed by atoms with Gasteiger partial charge in [0.15, 0.2) is 0 Å². The minimum atomic E-state index is -0.700. The van der Waals surface area contributed by atoms with Gasteiger partial charge < -0.3 is 20.4 Å². The fourth-order valence-corrected chi connectivity index (χ4v) is 5.87. The lowest BCUT2D eigenvalue weighted by Crippen LogP contribution is -2.53. The number of benzene rings is 1. The molecule has 3 aliphatic heterocycles. The van der Waals surface area contributed by atoms with Crippen LogP contribution >= 0.6 is 11.6 Å². The van der Waals surface area contributed by atoms with E-state index >= 15 is 0 Å². The average Bonchev–Trinajstić information content (AvgIpc) is 3.53. The maximum Gasteiger partial charge on any atom is 0.251 e. The first-order valence-corrected chi connectivity index (χ1v) is 11.9. The van der Waals surface area contributed by atoms with Gasteiger partial charge in [-0.15, -0.1) is 0 Å². The highest BCUT2D eigenvalue weighted by Crippen LogP contribution is 2.33. The molecule has 176 valence electrons. The van der Waals surface area contributed by atoms with E-state index in [0.717, 1.165) is 31.7 Å². The molecule has 0 bridgehead atoms. The predicted molar refractivity (Wildman–Crippen MR) is 117 cm³/mol. The lowest BCUT2D eigenvalue weighted by atomic mass is 10.0. The number of fused-ring (bicyclic) bond motifs is 2. The summed E-state index contributed by atoms with van der Waals surface area (Å²) in [7, 11) is 0. The van der Waals surface area contributed by atoms with Crippen molar-refractivity contribution in [3.63, 3.8) is 0 Å². The molecule has 4 atom stereocenters. The molecule has 33 heavy (non-hydrogen) atoms. The lowest BCUT2D eigenvalue weighted by molar-refractivity contribution is -0.146. The monoisotopic (exact) mass is 476 g/mol. The second-order valence-corrected chi connectivity index (χ2v) is 9.81. The van der Waals surface area contributed by atoms with Crippen LogP contribution < -0.4 is 10.6 Å². The Morgan fingerprint density at radius 1 is 1.15 bits per heavy atom. The van der Waals surface area contributed by atoms with Gasteiger partial charge in [-0.2, -0.15) is 0 Å². The summed E-state index contributed by atoms with van der Waals surface area (Å²) in [6, 6.07) is 1.47. The Bertz CT molecular complexity index is 1010. The molecule has 10 heteroatoms. The quantitative estimate of drug-likeness (QED) is 0.690. The maximum atomic E-state index is 13.5. The summed E-state index contributed by atoms with van der Waals surface area (Å²) in [6.07, 6.45) is 4.58. The van der Waals surface area contributed by atoms with Gasteiger partial charge in [0.05, 0.1) is 11.1 Å². The van der Waals surface area contributed by atoms with Gasteiger partial charge in [0.1, 0.15) is 17.9 Å². The highest BCUT2D eigenvalue weighted by molar-refractivity contribution is 6.31. The van der Waals surface area contributed by atoms with Crippen LogP contribution in [0, 0.1) is 11.7 Å². The highest BCUT2D eigenvalue weighted by Gasteiger charge is 2.53. The largest absolute Gasteiger partial charge is 0.349 e. The predicted octanol–water partition coefficient (Wildman–Crippen LogP) is 1.47. The fourth-order valence-electron chi connectivity index (χ4n) is 5.69. The Hall–Kier alpha value is -2.68. The third kappa shape index (κ3) is 3.96. The van der Waals surface area contributed by atoms with Crippen LogP contribution in [-0.4, -0.2) is 70.7 Å². The molecule has 1 saturated carbocycles. The van der Waals surface area contributed by atoms with E-state index in [9.17, 15) is 23.6 Å². The molecule has 4 amide bonds. The molecule has 0 radical (unpaired) electrons. The Labute approximate surface area is 195 Å². The van der Waals surface area contributed by atoms with Crippen molar-refractivity contribution in [3.8, 4) is 0 Å². The lowest BCUT2D eigenvalue weighted by Gasteiger charge is -2.30. The molecule has 5 rings (SSSR count). The minimum Gasteiger partial charge on any atom is -0.349 e. The van der Waals surface area contributed by atoms with Crippen molar-refractivity contribution in [2.75, 3.05) is 13.1 Å². The standard InChI is InChI=1S/C23H26ClFN4O4/c24-15-9-13(5-6-16(15)25)20(30)26-14-10-18-21(31)27-17-7-8-28(19(17)23(33)29(18)11-14)22(32)12-3-1-2-4-12/h5-6,9,12,14,17-19H,1-4,7-8,10-11H2,(H,26,30)(H,27,31)/t14-,17-,18+,19+/m1/s1. The Kier molecular flexibility index (Phi) is 5.76. The number of amides is 4. The van der Waals surface area contributed by atoms with Crippen LogP contribution in [-0.2, 0) is 14.4 Å². The first kappa shape index (κ1) is 22.1. The normalized spacial score (nSPS) is 29.5. The number of hydrogen-bond acceptors (Lipinski definition) is 4. The zero-order chi connectivity index (χ0) is 23.3. The average molecular weight is 477 g/mol. The summed E-state index contributed by atoms with van der Waals surface area (Å²) in [6.45, 7) is 0.632. The molecule has 1 aliphatic carbocycles. The van der Waals surface area contributed by atoms with Crippen LogP contribution in [0.1, 0.15) is 48.9 Å². The molecule has 3 heterocycles. The zero-order valence-electron chi connectivity index (χ0n) is 18.1. The van der Waals surface area contributed by atoms with E-state index in [4.69, 9.17) is 11.6 Å². The third-order valence-electron chi connectivity index (χ3n) is 7.37. The Balaban J connectivity index is 1.31. The number of nitrogens with zero attached hydrogens (tertiary/aromatic N) is 2. The topological polar surface area (TPSA) is 98.8 Å². The van der Waals surface area contributed by atoms with Crippen molar-refractivity contribution in [1.82, 2.24) is 20.4 Å². The van der Waals surface area contributed by atoms with Gasteiger partial charge in [0.2, 0.25) is 17.7 Å². The van der Waals surface area contributed by atoms with Crippen LogP contribution in [0.2, 0.25) is 5.02 Å². The van der Waals surface area contributed by atoms with Crippen LogP contribution in [0.5, 0.6) is 0 Å². The van der Waals surface area contributed by atoms with Crippen LogP contribution in [0.3, 0.4) is 0 Å². The SMILES string of the molecule is O=C(N[C@@H]1C[C@H]2C(=O)N[C@@H]3CCN(C(=O)C4CCCC4)[C@@H]3C(=O)N2C1)c1ccc(F)c(Cl)c1. The van der Waals surface area contributed by atoms with Gasteiger partial charge in [-0.3, -0.25) is 19.2 Å². The van der Waals surface area contributed by atoms with E-state index in [1.165, 1.54) is 17.0 Å². The first-order valence-electron chi connectivity index (χ1n) is 11.5. The molecule has 8 nitrogen and oxygen atoms in total. The van der Waals surface area contributed by atoms with Gasteiger partial charge in [-0.05, 0) is 43.9 Å². The number of halogens is 2. The number of carbonyl (C=O) groups excluding carboxylic acids is 4. The summed E-state index contributed by atoms with van der Waals surface area (Å²) in [5.41, 5.74) is 0.198. The molecule has 0 unspecified atom stereocenters. The number of nitrogens with one attached hydrogen (secondary N) is 2. The Morgan fingerprint density at radius 3 is 2.64 bits per heavy atom. The summed E-state index contributed by atoms with van der Waals surface area (Å²) < 4.78 is 13.4. The van der Waals surface area contributed by atoms with Gasteiger partial charge in [0, 0.05) is 30.6 Å². The molecule has 1 aromatic rings. The second-order valence-electron chi connectivity index (χ2n) is 9.40. The van der Waals surface area contributed by atoms with Crippen LogP contribution in [0.15, 0.2) is 18.2 Å². The summed E-state index contributed by atoms with van der Waals surface area (Å²) in [5, 5.41) is 5.64. The van der Waals surface area contributed by atoms with Crippen molar-refractivity contribution < 1.29 is 23.6 Å². The molecule has 2 N–H and O–H groups in total. The van der Waals surface area contributed by atoms with Crippen molar-refractivity contribution in [3.05, 3.63) is 34.6 Å². The van der Waals surface area contributed by atoms with Crippen LogP contribution in [0.4, 0.5) is 4.39 Å². The summed E-state index contributed by atoms with van der Waals surface area (Å²) in [5.74, 6) is -1.60. The van der Waals surface area contributed by atoms with Crippen molar-refractivity contribution >= 4 is 35.2 Å². The van der Waals surface area contributed by atoms with Gasteiger partial charge in [-0.25, -0.2) is 4.39 Å². The molecular formula is C23H26ClFN4O4. The highest BCUT2D eigenvalue weighted by atomic mass is 35.5. The molecule has 4 aliphatic rings. The van der Waals surface area contributed by atoms with Crippen LogP contribution in [0.25, 0.3) is 0 Å². The van der Waals surface area contributed by atoms with E-state index < -0.39 is 29.8 Å². The second kappa shape index (κ2) is 8.59. The molecular weight excluding hydrogens is 451 g/mol. The number of rotatable bonds is 3.